The van der Waals surface area contributed by atoms with Crippen LogP contribution in [0.15, 0.2) is 45.8 Å². The van der Waals surface area contributed by atoms with Gasteiger partial charge in [-0.2, -0.15) is 0 Å². The van der Waals surface area contributed by atoms with Gasteiger partial charge in [-0.1, -0.05) is 12.1 Å². The van der Waals surface area contributed by atoms with Crippen molar-refractivity contribution in [2.75, 3.05) is 14.2 Å². The Kier molecular flexibility index (Phi) is 4.14. The Hall–Kier alpha value is -2.99. The zero-order valence-corrected chi connectivity index (χ0v) is 13.2. The van der Waals surface area contributed by atoms with E-state index >= 15 is 0 Å². The minimum Gasteiger partial charge on any atom is -0.507 e. The summed E-state index contributed by atoms with van der Waals surface area (Å²) in [5.41, 5.74) is 0.957. The Morgan fingerprint density at radius 3 is 2.42 bits per heavy atom. The summed E-state index contributed by atoms with van der Waals surface area (Å²) >= 11 is 0. The molecular formula is C18H16O6. The number of aliphatic hydroxyl groups is 1. The van der Waals surface area contributed by atoms with Gasteiger partial charge in [0, 0.05) is 6.07 Å². The molecule has 6 heteroatoms. The quantitative estimate of drug-likeness (QED) is 0.765. The first kappa shape index (κ1) is 15.9. The number of fused-ring (bicyclic) bond motifs is 1. The molecule has 0 fully saturated rings. The van der Waals surface area contributed by atoms with Crippen LogP contribution in [0.2, 0.25) is 0 Å². The van der Waals surface area contributed by atoms with Crippen molar-refractivity contribution in [1.29, 1.82) is 0 Å². The van der Waals surface area contributed by atoms with Crippen LogP contribution in [0.5, 0.6) is 17.2 Å². The largest absolute Gasteiger partial charge is 0.507 e. The van der Waals surface area contributed by atoms with Crippen LogP contribution in [-0.2, 0) is 6.61 Å². The van der Waals surface area contributed by atoms with Crippen LogP contribution in [0.25, 0.3) is 22.1 Å². The Morgan fingerprint density at radius 1 is 1.12 bits per heavy atom. The first-order chi connectivity index (χ1) is 11.6. The number of phenolic OH excluding ortho intramolecular Hbond substituents is 1. The van der Waals surface area contributed by atoms with Crippen LogP contribution < -0.4 is 14.9 Å². The summed E-state index contributed by atoms with van der Waals surface area (Å²) in [5, 5.41) is 19.7. The zero-order chi connectivity index (χ0) is 17.3. The molecule has 0 aliphatic rings. The number of hydrogen-bond donors (Lipinski definition) is 2. The van der Waals surface area contributed by atoms with Crippen LogP contribution in [0, 0.1) is 0 Å². The molecule has 0 aliphatic heterocycles. The van der Waals surface area contributed by atoms with Gasteiger partial charge < -0.3 is 24.1 Å². The van der Waals surface area contributed by atoms with E-state index in [-0.39, 0.29) is 29.1 Å². The number of aliphatic hydroxyl groups excluding tert-OH is 1. The highest BCUT2D eigenvalue weighted by molar-refractivity contribution is 5.90. The highest BCUT2D eigenvalue weighted by atomic mass is 16.5. The fourth-order valence-electron chi connectivity index (χ4n) is 2.62. The molecule has 3 rings (SSSR count). The monoisotopic (exact) mass is 328 g/mol. The SMILES string of the molecule is COc1ccc(-c2coc3c(CO)c(OC)cc(O)c3c2=O)cc1. The van der Waals surface area contributed by atoms with E-state index in [9.17, 15) is 15.0 Å². The maximum Gasteiger partial charge on any atom is 0.204 e. The van der Waals surface area contributed by atoms with Crippen LogP contribution in [0.4, 0.5) is 0 Å². The minimum atomic E-state index is -0.392. The summed E-state index contributed by atoms with van der Waals surface area (Å²) in [5.74, 6) is 0.657. The second-order valence-electron chi connectivity index (χ2n) is 5.15. The molecule has 2 N–H and O–H groups in total. The Bertz CT molecular complexity index is 940. The summed E-state index contributed by atoms with van der Waals surface area (Å²) < 4.78 is 15.8. The van der Waals surface area contributed by atoms with Crippen molar-refractivity contribution in [3.8, 4) is 28.4 Å². The third-order valence-corrected chi connectivity index (χ3v) is 3.87. The van der Waals surface area contributed by atoms with E-state index in [0.29, 0.717) is 22.4 Å². The lowest BCUT2D eigenvalue weighted by atomic mass is 10.0. The fraction of sp³-hybridized carbons (Fsp3) is 0.167. The predicted octanol–water partition coefficient (Wildman–Crippen LogP) is 2.68. The van der Waals surface area contributed by atoms with Gasteiger partial charge in [0.05, 0.1) is 32.0 Å². The van der Waals surface area contributed by atoms with E-state index in [0.717, 1.165) is 0 Å². The number of rotatable bonds is 4. The van der Waals surface area contributed by atoms with Gasteiger partial charge in [-0.3, -0.25) is 4.79 Å². The van der Waals surface area contributed by atoms with E-state index in [1.165, 1.54) is 19.4 Å². The summed E-state index contributed by atoms with van der Waals surface area (Å²) in [7, 11) is 2.96. The van der Waals surface area contributed by atoms with Crippen molar-refractivity contribution < 1.29 is 24.1 Å². The van der Waals surface area contributed by atoms with Crippen LogP contribution in [-0.4, -0.2) is 24.4 Å². The summed E-state index contributed by atoms with van der Waals surface area (Å²) in [6.07, 6.45) is 1.31. The molecule has 6 nitrogen and oxygen atoms in total. The van der Waals surface area contributed by atoms with Gasteiger partial charge in [-0.05, 0) is 17.7 Å². The number of aromatic hydroxyl groups is 1. The molecule has 2 aromatic carbocycles. The van der Waals surface area contributed by atoms with E-state index in [1.54, 1.807) is 31.4 Å². The first-order valence-corrected chi connectivity index (χ1v) is 7.20. The van der Waals surface area contributed by atoms with Gasteiger partial charge in [0.2, 0.25) is 5.43 Å². The molecule has 0 bridgehead atoms. The standard InChI is InChI=1S/C18H16O6/c1-22-11-5-3-10(4-6-11)13-9-24-18-12(8-19)15(23-2)7-14(20)16(18)17(13)21/h3-7,9,19-20H,8H2,1-2H3. The average Bonchev–Trinajstić information content (AvgIpc) is 2.61. The van der Waals surface area contributed by atoms with E-state index < -0.39 is 5.43 Å². The lowest BCUT2D eigenvalue weighted by Crippen LogP contribution is -2.07. The first-order valence-electron chi connectivity index (χ1n) is 7.20. The molecule has 0 radical (unpaired) electrons. The molecule has 124 valence electrons. The molecule has 0 atom stereocenters. The van der Waals surface area contributed by atoms with Crippen molar-refractivity contribution in [2.24, 2.45) is 0 Å². The molecule has 0 spiro atoms. The highest BCUT2D eigenvalue weighted by Gasteiger charge is 2.19. The fourth-order valence-corrected chi connectivity index (χ4v) is 2.62. The number of benzene rings is 2. The van der Waals surface area contributed by atoms with Crippen molar-refractivity contribution >= 4 is 11.0 Å². The van der Waals surface area contributed by atoms with Gasteiger partial charge in [0.25, 0.3) is 0 Å². The molecular weight excluding hydrogens is 312 g/mol. The van der Waals surface area contributed by atoms with Gasteiger partial charge in [0.1, 0.15) is 28.9 Å². The van der Waals surface area contributed by atoms with Crippen molar-refractivity contribution in [2.45, 2.75) is 6.61 Å². The maximum absolute atomic E-state index is 12.8. The summed E-state index contributed by atoms with van der Waals surface area (Å²) in [6.45, 7) is -0.384. The number of phenols is 1. The number of hydrogen-bond acceptors (Lipinski definition) is 6. The minimum absolute atomic E-state index is 0.00756. The summed E-state index contributed by atoms with van der Waals surface area (Å²) in [4.78, 5) is 12.8. The number of ether oxygens (including phenoxy) is 2. The highest BCUT2D eigenvalue weighted by Crippen LogP contribution is 2.35. The zero-order valence-electron chi connectivity index (χ0n) is 13.2. The molecule has 0 amide bonds. The predicted molar refractivity (Wildman–Crippen MR) is 88.6 cm³/mol. The van der Waals surface area contributed by atoms with Crippen LogP contribution in [0.3, 0.4) is 0 Å². The second kappa shape index (κ2) is 6.25. The lowest BCUT2D eigenvalue weighted by molar-refractivity contribution is 0.273. The Morgan fingerprint density at radius 2 is 1.83 bits per heavy atom. The van der Waals surface area contributed by atoms with Crippen molar-refractivity contribution in [1.82, 2.24) is 0 Å². The van der Waals surface area contributed by atoms with E-state index in [2.05, 4.69) is 0 Å². The van der Waals surface area contributed by atoms with Crippen LogP contribution in [0.1, 0.15) is 5.56 Å². The molecule has 0 saturated carbocycles. The topological polar surface area (TPSA) is 89.1 Å². The van der Waals surface area contributed by atoms with Gasteiger partial charge in [-0.15, -0.1) is 0 Å². The smallest absolute Gasteiger partial charge is 0.204 e. The molecule has 0 unspecified atom stereocenters. The van der Waals surface area contributed by atoms with Crippen LogP contribution >= 0.6 is 0 Å². The lowest BCUT2D eigenvalue weighted by Gasteiger charge is -2.11. The number of methoxy groups -OCH3 is 2. The molecule has 1 aromatic heterocycles. The van der Waals surface area contributed by atoms with Gasteiger partial charge >= 0.3 is 0 Å². The normalized spacial score (nSPS) is 10.8. The third kappa shape index (κ3) is 2.47. The Balaban J connectivity index is 2.28. The van der Waals surface area contributed by atoms with E-state index in [1.807, 2.05) is 0 Å². The average molecular weight is 328 g/mol. The van der Waals surface area contributed by atoms with Crippen molar-refractivity contribution in [3.05, 3.63) is 52.4 Å². The molecule has 3 aromatic rings. The molecule has 24 heavy (non-hydrogen) atoms. The molecule has 1 heterocycles. The molecule has 0 aliphatic carbocycles. The van der Waals surface area contributed by atoms with Gasteiger partial charge in [-0.25, -0.2) is 0 Å². The third-order valence-electron chi connectivity index (χ3n) is 3.87. The van der Waals surface area contributed by atoms with E-state index in [4.69, 9.17) is 13.9 Å². The summed E-state index contributed by atoms with van der Waals surface area (Å²) in [6, 6.07) is 8.20. The molecule has 0 saturated heterocycles. The Labute approximate surface area is 137 Å². The second-order valence-corrected chi connectivity index (χ2v) is 5.15. The van der Waals surface area contributed by atoms with Gasteiger partial charge in [0.15, 0.2) is 5.58 Å². The van der Waals surface area contributed by atoms with Crippen molar-refractivity contribution in [3.63, 3.8) is 0 Å². The maximum atomic E-state index is 12.8.